The highest BCUT2D eigenvalue weighted by Gasteiger charge is 2.44. The van der Waals surface area contributed by atoms with Crippen LogP contribution in [0, 0.1) is 0 Å². The minimum absolute atomic E-state index is 0.114. The van der Waals surface area contributed by atoms with E-state index in [1.165, 1.54) is 5.56 Å². The maximum atomic E-state index is 11.0. The Morgan fingerprint density at radius 3 is 2.75 bits per heavy atom. The molecule has 0 bridgehead atoms. The maximum absolute atomic E-state index is 11.0. The fourth-order valence-corrected chi connectivity index (χ4v) is 3.99. The van der Waals surface area contributed by atoms with Crippen LogP contribution in [0.3, 0.4) is 0 Å². The number of hydrazine groups is 1. The number of rotatable bonds is 4. The van der Waals surface area contributed by atoms with Gasteiger partial charge >= 0.3 is 0 Å². The highest BCUT2D eigenvalue weighted by Crippen LogP contribution is 2.37. The molecule has 5 heteroatoms. The Balaban J connectivity index is 1.58. The summed E-state index contributed by atoms with van der Waals surface area (Å²) in [4.78, 5) is 4.90. The molecule has 0 aromatic heterocycles. The monoisotopic (exact) mass is 379 g/mol. The molecule has 28 heavy (non-hydrogen) atoms. The first kappa shape index (κ1) is 19.1. The van der Waals surface area contributed by atoms with Crippen LogP contribution in [0.2, 0.25) is 0 Å². The molecule has 0 amide bonds. The third-order valence-electron chi connectivity index (χ3n) is 5.73. The summed E-state index contributed by atoms with van der Waals surface area (Å²) in [5, 5.41) is 12.9. The van der Waals surface area contributed by atoms with E-state index < -0.39 is 11.8 Å². The first-order valence-corrected chi connectivity index (χ1v) is 9.96. The molecule has 1 aromatic carbocycles. The van der Waals surface area contributed by atoms with Gasteiger partial charge < -0.3 is 9.84 Å². The molecule has 0 saturated carbocycles. The number of nitrogens with zero attached hydrogens (tertiary/aromatic N) is 2. The molecule has 1 aromatic rings. The van der Waals surface area contributed by atoms with Gasteiger partial charge in [-0.3, -0.25) is 10.4 Å². The number of aliphatic imine (C=N–C) groups is 1. The first-order chi connectivity index (χ1) is 13.3. The summed E-state index contributed by atoms with van der Waals surface area (Å²) < 4.78 is 6.04. The summed E-state index contributed by atoms with van der Waals surface area (Å²) in [6.07, 6.45) is 5.19. The highest BCUT2D eigenvalue weighted by molar-refractivity contribution is 5.96. The van der Waals surface area contributed by atoms with Gasteiger partial charge in [-0.05, 0) is 57.4 Å². The number of aliphatic hydroxyl groups excluding tert-OH is 1. The number of aliphatic hydroxyl groups is 1. The summed E-state index contributed by atoms with van der Waals surface area (Å²) in [6.45, 7) is 8.76. The molecule has 0 spiro atoms. The van der Waals surface area contributed by atoms with Crippen molar-refractivity contribution >= 4 is 5.71 Å². The Labute approximate surface area is 167 Å². The summed E-state index contributed by atoms with van der Waals surface area (Å²) in [5.41, 5.74) is 7.53. The van der Waals surface area contributed by atoms with Crippen LogP contribution < -0.4 is 5.43 Å². The van der Waals surface area contributed by atoms with Crippen LogP contribution in [-0.2, 0) is 11.2 Å². The number of hydrogen-bond acceptors (Lipinski definition) is 5. The molecule has 1 unspecified atom stereocenters. The zero-order chi connectivity index (χ0) is 19.9. The van der Waals surface area contributed by atoms with Crippen molar-refractivity contribution in [2.75, 3.05) is 6.54 Å². The van der Waals surface area contributed by atoms with Gasteiger partial charge in [-0.15, -0.1) is 0 Å². The lowest BCUT2D eigenvalue weighted by atomic mass is 9.87. The Morgan fingerprint density at radius 1 is 1.25 bits per heavy atom. The van der Waals surface area contributed by atoms with Gasteiger partial charge in [0.2, 0.25) is 0 Å². The second kappa shape index (κ2) is 7.32. The summed E-state index contributed by atoms with van der Waals surface area (Å²) in [7, 11) is 0. The Bertz CT molecular complexity index is 880. The van der Waals surface area contributed by atoms with Crippen molar-refractivity contribution in [2.24, 2.45) is 4.99 Å². The van der Waals surface area contributed by atoms with E-state index in [2.05, 4.69) is 48.8 Å². The quantitative estimate of drug-likeness (QED) is 0.841. The second-order valence-electron chi connectivity index (χ2n) is 8.34. The molecule has 1 aliphatic carbocycles. The van der Waals surface area contributed by atoms with Gasteiger partial charge in [0.1, 0.15) is 17.7 Å². The molecule has 2 N–H and O–H groups in total. The minimum atomic E-state index is -0.721. The van der Waals surface area contributed by atoms with Crippen LogP contribution in [0.25, 0.3) is 0 Å². The Hall–Kier alpha value is -2.21. The van der Waals surface area contributed by atoms with Crippen molar-refractivity contribution in [3.63, 3.8) is 0 Å². The zero-order valence-corrected chi connectivity index (χ0v) is 17.1. The van der Waals surface area contributed by atoms with Crippen molar-refractivity contribution in [1.82, 2.24) is 10.4 Å². The normalized spacial score (nSPS) is 26.5. The molecule has 4 rings (SSSR count). The first-order valence-electron chi connectivity index (χ1n) is 9.96. The average Bonchev–Trinajstić information content (AvgIpc) is 2.66. The van der Waals surface area contributed by atoms with Gasteiger partial charge in [-0.2, -0.15) is 0 Å². The van der Waals surface area contributed by atoms with Crippen molar-refractivity contribution in [3.05, 3.63) is 70.7 Å². The molecule has 0 radical (unpaired) electrons. The number of ether oxygens (including phenoxy) is 1. The standard InChI is InChI=1S/C23H29N3O2/c1-15-12-18-13-19-20(14-21(18)28-16(15)2)26(22(27)23(3,4)25-19)24-11-10-17-8-6-5-7-9-17/h5-9,12,14,20,22,24,27H,10-11,13H2,1-4H3/t20?,22-/m1/s1. The molecule has 3 aliphatic rings. The molecule has 2 atom stereocenters. The molecular weight excluding hydrogens is 350 g/mol. The lowest BCUT2D eigenvalue weighted by molar-refractivity contribution is -0.0832. The van der Waals surface area contributed by atoms with Crippen LogP contribution in [0.15, 0.2) is 70.1 Å². The third-order valence-corrected chi connectivity index (χ3v) is 5.73. The van der Waals surface area contributed by atoms with E-state index in [1.807, 2.05) is 31.8 Å². The van der Waals surface area contributed by atoms with E-state index >= 15 is 0 Å². The van der Waals surface area contributed by atoms with E-state index in [-0.39, 0.29) is 6.04 Å². The average molecular weight is 380 g/mol. The molecular formula is C23H29N3O2. The lowest BCUT2D eigenvalue weighted by Crippen LogP contribution is -2.64. The van der Waals surface area contributed by atoms with Crippen molar-refractivity contribution in [3.8, 4) is 0 Å². The smallest absolute Gasteiger partial charge is 0.145 e. The van der Waals surface area contributed by atoms with Crippen molar-refractivity contribution in [1.29, 1.82) is 0 Å². The molecule has 2 heterocycles. The highest BCUT2D eigenvalue weighted by atomic mass is 16.5. The Kier molecular flexibility index (Phi) is 5.00. The maximum Gasteiger partial charge on any atom is 0.145 e. The van der Waals surface area contributed by atoms with Gasteiger partial charge in [0.25, 0.3) is 0 Å². The largest absolute Gasteiger partial charge is 0.462 e. The molecule has 2 aliphatic heterocycles. The van der Waals surface area contributed by atoms with Crippen LogP contribution in [0.1, 0.15) is 39.7 Å². The van der Waals surface area contributed by atoms with E-state index in [0.29, 0.717) is 0 Å². The SMILES string of the molecule is CC1=C(C)OC2=CC3C(=NC(C)(C)[C@@H](O)N3NCCc3ccccc3)CC2=C1. The molecule has 5 nitrogen and oxygen atoms in total. The third kappa shape index (κ3) is 3.58. The zero-order valence-electron chi connectivity index (χ0n) is 17.1. The number of allylic oxidation sites excluding steroid dienone is 4. The number of fused-ring (bicyclic) bond motifs is 2. The summed E-state index contributed by atoms with van der Waals surface area (Å²) in [5.74, 6) is 1.81. The number of nitrogens with one attached hydrogen (secondary N) is 1. The molecule has 0 fully saturated rings. The summed E-state index contributed by atoms with van der Waals surface area (Å²) >= 11 is 0. The van der Waals surface area contributed by atoms with E-state index in [1.54, 1.807) is 0 Å². The number of benzene rings is 1. The number of hydrogen-bond donors (Lipinski definition) is 2. The van der Waals surface area contributed by atoms with E-state index in [0.717, 1.165) is 47.8 Å². The van der Waals surface area contributed by atoms with E-state index in [9.17, 15) is 5.11 Å². The predicted molar refractivity (Wildman–Crippen MR) is 112 cm³/mol. The van der Waals surface area contributed by atoms with Crippen LogP contribution in [0.4, 0.5) is 0 Å². The van der Waals surface area contributed by atoms with Gasteiger partial charge in [0.15, 0.2) is 0 Å². The topological polar surface area (TPSA) is 57.1 Å². The fourth-order valence-electron chi connectivity index (χ4n) is 3.99. The Morgan fingerprint density at radius 2 is 2.00 bits per heavy atom. The lowest BCUT2D eigenvalue weighted by Gasteiger charge is -2.47. The van der Waals surface area contributed by atoms with Gasteiger partial charge in [-0.1, -0.05) is 30.3 Å². The minimum Gasteiger partial charge on any atom is -0.462 e. The van der Waals surface area contributed by atoms with Crippen molar-refractivity contribution < 1.29 is 9.84 Å². The predicted octanol–water partition coefficient (Wildman–Crippen LogP) is 3.49. The van der Waals surface area contributed by atoms with Crippen LogP contribution in [0.5, 0.6) is 0 Å². The van der Waals surface area contributed by atoms with Crippen LogP contribution >= 0.6 is 0 Å². The molecule has 0 saturated heterocycles. The van der Waals surface area contributed by atoms with E-state index in [4.69, 9.17) is 9.73 Å². The van der Waals surface area contributed by atoms with Gasteiger partial charge in [0.05, 0.1) is 11.6 Å². The van der Waals surface area contributed by atoms with Crippen LogP contribution in [-0.4, -0.2) is 40.2 Å². The van der Waals surface area contributed by atoms with Crippen molar-refractivity contribution in [2.45, 2.75) is 58.3 Å². The summed E-state index contributed by atoms with van der Waals surface area (Å²) in [6, 6.07) is 10.3. The van der Waals surface area contributed by atoms with Gasteiger partial charge in [-0.25, -0.2) is 5.01 Å². The second-order valence-corrected chi connectivity index (χ2v) is 8.34. The molecule has 148 valence electrons. The van der Waals surface area contributed by atoms with Gasteiger partial charge in [0, 0.05) is 24.3 Å². The fraction of sp³-hybridized carbons (Fsp3) is 0.435.